The predicted octanol–water partition coefficient (Wildman–Crippen LogP) is 1.81. The Morgan fingerprint density at radius 1 is 1.53 bits per heavy atom. The van der Waals surface area contributed by atoms with Crippen LogP contribution >= 0.6 is 0 Å². The largest absolute Gasteiger partial charge is 0.315 e. The summed E-state index contributed by atoms with van der Waals surface area (Å²) in [7, 11) is 0. The van der Waals surface area contributed by atoms with Gasteiger partial charge in [0.25, 0.3) is 0 Å². The third-order valence-corrected chi connectivity index (χ3v) is 3.98. The molecule has 1 spiro atoms. The summed E-state index contributed by atoms with van der Waals surface area (Å²) in [6, 6.07) is 0. The van der Waals surface area contributed by atoms with Gasteiger partial charge >= 0.3 is 0 Å². The highest BCUT2D eigenvalue weighted by molar-refractivity contribution is 5.00. The molecule has 2 rings (SSSR count). The van der Waals surface area contributed by atoms with E-state index in [4.69, 9.17) is 0 Å². The van der Waals surface area contributed by atoms with Gasteiger partial charge < -0.3 is 5.32 Å². The minimum absolute atomic E-state index is 0.171. The first-order valence-electron chi connectivity index (χ1n) is 6.28. The van der Waals surface area contributed by atoms with Crippen LogP contribution in [0.25, 0.3) is 0 Å². The van der Waals surface area contributed by atoms with E-state index in [-0.39, 0.29) is 6.67 Å². The van der Waals surface area contributed by atoms with Gasteiger partial charge in [0, 0.05) is 18.6 Å². The standard InChI is InChI=1S/C12H23FN2/c1-11-8-12(10-14-9-11)4-2-6-15(12)7-3-5-13/h11,14H,2-10H2,1H3. The van der Waals surface area contributed by atoms with E-state index < -0.39 is 0 Å². The van der Waals surface area contributed by atoms with E-state index in [0.29, 0.717) is 12.0 Å². The highest BCUT2D eigenvalue weighted by Crippen LogP contribution is 2.36. The minimum atomic E-state index is -0.171. The fraction of sp³-hybridized carbons (Fsp3) is 1.00. The van der Waals surface area contributed by atoms with Gasteiger partial charge in [-0.3, -0.25) is 9.29 Å². The van der Waals surface area contributed by atoms with Gasteiger partial charge in [-0.15, -0.1) is 0 Å². The number of likely N-dealkylation sites (tertiary alicyclic amines) is 1. The van der Waals surface area contributed by atoms with Crippen LogP contribution in [0.4, 0.5) is 4.39 Å². The summed E-state index contributed by atoms with van der Waals surface area (Å²) in [4.78, 5) is 2.54. The van der Waals surface area contributed by atoms with Crippen molar-refractivity contribution in [2.24, 2.45) is 5.92 Å². The summed E-state index contributed by atoms with van der Waals surface area (Å²) in [5, 5.41) is 3.54. The number of rotatable bonds is 3. The molecule has 3 heteroatoms. The molecule has 2 saturated heterocycles. The molecule has 0 aromatic heterocycles. The van der Waals surface area contributed by atoms with Crippen molar-refractivity contribution in [2.75, 3.05) is 32.9 Å². The summed E-state index contributed by atoms with van der Waals surface area (Å²) in [5.41, 5.74) is 0.368. The summed E-state index contributed by atoms with van der Waals surface area (Å²) < 4.78 is 12.2. The maximum absolute atomic E-state index is 12.2. The highest BCUT2D eigenvalue weighted by atomic mass is 19.1. The van der Waals surface area contributed by atoms with Crippen molar-refractivity contribution < 1.29 is 4.39 Å². The zero-order chi connectivity index (χ0) is 10.7. The van der Waals surface area contributed by atoms with Crippen molar-refractivity contribution in [3.8, 4) is 0 Å². The first-order valence-corrected chi connectivity index (χ1v) is 6.28. The Morgan fingerprint density at radius 3 is 3.13 bits per heavy atom. The Kier molecular flexibility index (Phi) is 3.62. The molecule has 0 bridgehead atoms. The lowest BCUT2D eigenvalue weighted by Gasteiger charge is -2.44. The van der Waals surface area contributed by atoms with E-state index in [2.05, 4.69) is 17.1 Å². The quantitative estimate of drug-likeness (QED) is 0.771. The van der Waals surface area contributed by atoms with E-state index in [9.17, 15) is 4.39 Å². The number of halogens is 1. The molecule has 0 amide bonds. The summed E-state index contributed by atoms with van der Waals surface area (Å²) in [5.74, 6) is 0.768. The van der Waals surface area contributed by atoms with Gasteiger partial charge in [-0.25, -0.2) is 0 Å². The zero-order valence-electron chi connectivity index (χ0n) is 9.77. The lowest BCUT2D eigenvalue weighted by molar-refractivity contribution is 0.0814. The minimum Gasteiger partial charge on any atom is -0.315 e. The van der Waals surface area contributed by atoms with E-state index in [1.54, 1.807) is 0 Å². The second-order valence-corrected chi connectivity index (χ2v) is 5.30. The molecule has 2 unspecified atom stereocenters. The van der Waals surface area contributed by atoms with Crippen LogP contribution in [-0.4, -0.2) is 43.3 Å². The van der Waals surface area contributed by atoms with Gasteiger partial charge in [0.15, 0.2) is 0 Å². The molecule has 0 aliphatic carbocycles. The molecule has 2 heterocycles. The molecule has 2 aliphatic rings. The molecule has 2 fully saturated rings. The number of hydrogen-bond donors (Lipinski definition) is 1. The third-order valence-electron chi connectivity index (χ3n) is 3.98. The van der Waals surface area contributed by atoms with Crippen molar-refractivity contribution in [1.82, 2.24) is 10.2 Å². The first-order chi connectivity index (χ1) is 7.27. The molecule has 1 N–H and O–H groups in total. The molecule has 88 valence electrons. The predicted molar refractivity (Wildman–Crippen MR) is 60.8 cm³/mol. The first kappa shape index (κ1) is 11.3. The van der Waals surface area contributed by atoms with E-state index in [1.807, 2.05) is 0 Å². The average Bonchev–Trinajstić information content (AvgIpc) is 2.58. The van der Waals surface area contributed by atoms with Crippen molar-refractivity contribution in [3.05, 3.63) is 0 Å². The second kappa shape index (κ2) is 4.79. The zero-order valence-corrected chi connectivity index (χ0v) is 9.77. The SMILES string of the molecule is CC1CNCC2(CCCN2CCCF)C1. The normalized spacial score (nSPS) is 37.6. The Morgan fingerprint density at radius 2 is 2.40 bits per heavy atom. The van der Waals surface area contributed by atoms with Crippen LogP contribution in [0.5, 0.6) is 0 Å². The van der Waals surface area contributed by atoms with Crippen LogP contribution < -0.4 is 5.32 Å². The third kappa shape index (κ3) is 2.34. The van der Waals surface area contributed by atoms with Crippen molar-refractivity contribution in [2.45, 2.75) is 38.1 Å². The lowest BCUT2D eigenvalue weighted by atomic mass is 9.82. The average molecular weight is 214 g/mol. The fourth-order valence-corrected chi connectivity index (χ4v) is 3.37. The van der Waals surface area contributed by atoms with Crippen LogP contribution in [-0.2, 0) is 0 Å². The van der Waals surface area contributed by atoms with Crippen LogP contribution in [0.1, 0.15) is 32.6 Å². The maximum atomic E-state index is 12.2. The smallest absolute Gasteiger partial charge is 0.0906 e. The van der Waals surface area contributed by atoms with E-state index >= 15 is 0 Å². The number of piperidine rings is 1. The number of hydrogen-bond acceptors (Lipinski definition) is 2. The van der Waals surface area contributed by atoms with Gasteiger partial charge in [-0.1, -0.05) is 6.92 Å². The molecule has 0 aromatic rings. The van der Waals surface area contributed by atoms with Gasteiger partial charge in [0.1, 0.15) is 0 Å². The van der Waals surface area contributed by atoms with Crippen LogP contribution in [0, 0.1) is 5.92 Å². The molecule has 2 atom stereocenters. The van der Waals surface area contributed by atoms with Crippen LogP contribution in [0.2, 0.25) is 0 Å². The maximum Gasteiger partial charge on any atom is 0.0906 e. The second-order valence-electron chi connectivity index (χ2n) is 5.30. The monoisotopic (exact) mass is 214 g/mol. The van der Waals surface area contributed by atoms with Crippen molar-refractivity contribution in [3.63, 3.8) is 0 Å². The van der Waals surface area contributed by atoms with E-state index in [1.165, 1.54) is 25.8 Å². The van der Waals surface area contributed by atoms with E-state index in [0.717, 1.165) is 25.6 Å². The van der Waals surface area contributed by atoms with Gasteiger partial charge in [0.05, 0.1) is 6.67 Å². The Labute approximate surface area is 92.2 Å². The molecule has 2 aliphatic heterocycles. The summed E-state index contributed by atoms with van der Waals surface area (Å²) >= 11 is 0. The van der Waals surface area contributed by atoms with Crippen molar-refractivity contribution >= 4 is 0 Å². The molecule has 15 heavy (non-hydrogen) atoms. The topological polar surface area (TPSA) is 15.3 Å². The molecule has 2 nitrogen and oxygen atoms in total. The molecular weight excluding hydrogens is 191 g/mol. The van der Waals surface area contributed by atoms with Gasteiger partial charge in [-0.2, -0.15) is 0 Å². The number of nitrogens with one attached hydrogen (secondary N) is 1. The van der Waals surface area contributed by atoms with Gasteiger partial charge in [0.2, 0.25) is 0 Å². The summed E-state index contributed by atoms with van der Waals surface area (Å²) in [6.07, 6.45) is 4.60. The molecule has 0 radical (unpaired) electrons. The number of alkyl halides is 1. The van der Waals surface area contributed by atoms with Gasteiger partial charge in [-0.05, 0) is 44.7 Å². The Balaban J connectivity index is 1.97. The highest BCUT2D eigenvalue weighted by Gasteiger charge is 2.42. The van der Waals surface area contributed by atoms with Crippen molar-refractivity contribution in [1.29, 1.82) is 0 Å². The summed E-state index contributed by atoms with van der Waals surface area (Å²) in [6.45, 7) is 6.54. The molecular formula is C12H23FN2. The molecule has 0 aromatic carbocycles. The van der Waals surface area contributed by atoms with Crippen LogP contribution in [0.3, 0.4) is 0 Å². The Bertz CT molecular complexity index is 210. The fourth-order valence-electron chi connectivity index (χ4n) is 3.37. The Hall–Kier alpha value is -0.150. The molecule has 0 saturated carbocycles. The van der Waals surface area contributed by atoms with Crippen LogP contribution in [0.15, 0.2) is 0 Å². The number of nitrogens with zero attached hydrogens (tertiary/aromatic N) is 1. The lowest BCUT2D eigenvalue weighted by Crippen LogP contribution is -2.56.